The second-order valence-electron chi connectivity index (χ2n) is 7.44. The first-order valence-corrected chi connectivity index (χ1v) is 9.88. The van der Waals surface area contributed by atoms with Crippen LogP contribution in [0.15, 0.2) is 78.9 Å². The van der Waals surface area contributed by atoms with Crippen LogP contribution in [0.2, 0.25) is 0 Å². The van der Waals surface area contributed by atoms with Gasteiger partial charge < -0.3 is 9.84 Å². The molecule has 0 spiro atoms. The highest BCUT2D eigenvalue weighted by molar-refractivity contribution is 5.85. The minimum absolute atomic E-state index is 0.254. The summed E-state index contributed by atoms with van der Waals surface area (Å²) >= 11 is 0. The number of methoxy groups -OCH3 is 1. The summed E-state index contributed by atoms with van der Waals surface area (Å²) in [5.41, 5.74) is 6.18. The summed E-state index contributed by atoms with van der Waals surface area (Å²) in [6.45, 7) is 0. The van der Waals surface area contributed by atoms with Crippen molar-refractivity contribution in [1.29, 1.82) is 0 Å². The third-order valence-corrected chi connectivity index (χ3v) is 5.75. The highest BCUT2D eigenvalue weighted by atomic mass is 16.5. The maximum atomic E-state index is 10.8. The molecule has 0 aromatic heterocycles. The Morgan fingerprint density at radius 1 is 1.00 bits per heavy atom. The van der Waals surface area contributed by atoms with Gasteiger partial charge in [-0.25, -0.2) is 4.79 Å². The number of hydrogen-bond donors (Lipinski definition) is 1. The topological polar surface area (TPSA) is 46.5 Å². The Hall–Kier alpha value is -3.33. The maximum Gasteiger partial charge on any atom is 0.328 e. The van der Waals surface area contributed by atoms with E-state index in [1.54, 1.807) is 13.2 Å². The highest BCUT2D eigenvalue weighted by Gasteiger charge is 2.32. The van der Waals surface area contributed by atoms with Crippen molar-refractivity contribution in [3.63, 3.8) is 0 Å². The fourth-order valence-electron chi connectivity index (χ4n) is 4.38. The van der Waals surface area contributed by atoms with Crippen LogP contribution >= 0.6 is 0 Å². The fourth-order valence-corrected chi connectivity index (χ4v) is 4.38. The smallest absolute Gasteiger partial charge is 0.328 e. The lowest BCUT2D eigenvalue weighted by Crippen LogP contribution is -2.20. The van der Waals surface area contributed by atoms with E-state index >= 15 is 0 Å². The van der Waals surface area contributed by atoms with Crippen LogP contribution in [-0.4, -0.2) is 18.2 Å². The molecule has 1 aliphatic carbocycles. The first-order valence-electron chi connectivity index (χ1n) is 9.88. The summed E-state index contributed by atoms with van der Waals surface area (Å²) in [5, 5.41) is 8.85. The zero-order valence-electron chi connectivity index (χ0n) is 16.4. The lowest BCUT2D eigenvalue weighted by atomic mass is 9.69. The van der Waals surface area contributed by atoms with Gasteiger partial charge >= 0.3 is 5.97 Å². The van der Waals surface area contributed by atoms with Crippen molar-refractivity contribution in [1.82, 2.24) is 0 Å². The van der Waals surface area contributed by atoms with Crippen LogP contribution in [0, 0.1) is 0 Å². The van der Waals surface area contributed by atoms with E-state index in [2.05, 4.69) is 54.6 Å². The molecule has 29 heavy (non-hydrogen) atoms. The molecule has 0 unspecified atom stereocenters. The van der Waals surface area contributed by atoms with Gasteiger partial charge in [-0.2, -0.15) is 0 Å². The van der Waals surface area contributed by atoms with Crippen LogP contribution in [0.1, 0.15) is 46.1 Å². The van der Waals surface area contributed by atoms with Gasteiger partial charge in [-0.1, -0.05) is 60.7 Å². The summed E-state index contributed by atoms with van der Waals surface area (Å²) in [6.07, 6.45) is 4.90. The van der Waals surface area contributed by atoms with Gasteiger partial charge in [0, 0.05) is 12.0 Å². The number of aryl methyl sites for hydroxylation is 1. The molecule has 1 aliphatic rings. The second-order valence-corrected chi connectivity index (χ2v) is 7.44. The predicted molar refractivity (Wildman–Crippen MR) is 115 cm³/mol. The second kappa shape index (κ2) is 8.36. The molecular weight excluding hydrogens is 360 g/mol. The van der Waals surface area contributed by atoms with E-state index < -0.39 is 5.97 Å². The van der Waals surface area contributed by atoms with Gasteiger partial charge in [0.05, 0.1) is 7.11 Å². The van der Waals surface area contributed by atoms with E-state index in [4.69, 9.17) is 9.84 Å². The van der Waals surface area contributed by atoms with Gasteiger partial charge in [0.25, 0.3) is 0 Å². The molecule has 0 heterocycles. The number of aliphatic carboxylic acids is 1. The molecule has 0 saturated heterocycles. The van der Waals surface area contributed by atoms with Crippen LogP contribution in [0.25, 0.3) is 6.08 Å². The predicted octanol–water partition coefficient (Wildman–Crippen LogP) is 5.65. The zero-order valence-corrected chi connectivity index (χ0v) is 16.4. The number of carbonyl (C=O) groups is 1. The standard InChI is InChI=1S/C26H24O3/c1-29-22-13-15-24-21(17-22)12-14-23(19-5-3-2-4-6-19)26(24)20-10-7-18(8-11-20)9-16-25(27)28/h2-11,13,15-17,23,26H,12,14H2,1H3,(H,27,28)/t23-,26+/m1/s1. The monoisotopic (exact) mass is 384 g/mol. The number of rotatable bonds is 5. The summed E-state index contributed by atoms with van der Waals surface area (Å²) in [7, 11) is 1.71. The molecule has 146 valence electrons. The molecule has 0 saturated carbocycles. The van der Waals surface area contributed by atoms with Gasteiger partial charge in [-0.05, 0) is 64.8 Å². The molecule has 1 N–H and O–H groups in total. The van der Waals surface area contributed by atoms with E-state index in [9.17, 15) is 4.79 Å². The van der Waals surface area contributed by atoms with Gasteiger partial charge in [0.2, 0.25) is 0 Å². The van der Waals surface area contributed by atoms with E-state index in [1.165, 1.54) is 28.3 Å². The molecule has 0 radical (unpaired) electrons. The Morgan fingerprint density at radius 2 is 1.76 bits per heavy atom. The Morgan fingerprint density at radius 3 is 2.45 bits per heavy atom. The zero-order chi connectivity index (χ0) is 20.2. The largest absolute Gasteiger partial charge is 0.497 e. The third-order valence-electron chi connectivity index (χ3n) is 5.75. The van der Waals surface area contributed by atoms with Crippen LogP contribution in [-0.2, 0) is 11.2 Å². The summed E-state index contributed by atoms with van der Waals surface area (Å²) in [5.74, 6) is 0.616. The van der Waals surface area contributed by atoms with Crippen molar-refractivity contribution in [2.24, 2.45) is 0 Å². The normalized spacial score (nSPS) is 18.4. The third kappa shape index (κ3) is 4.09. The molecule has 3 nitrogen and oxygen atoms in total. The van der Waals surface area contributed by atoms with E-state index in [0.29, 0.717) is 5.92 Å². The fraction of sp³-hybridized carbons (Fsp3) is 0.192. The van der Waals surface area contributed by atoms with E-state index in [1.807, 2.05) is 18.2 Å². The molecule has 2 atom stereocenters. The number of carboxylic acids is 1. The van der Waals surface area contributed by atoms with Crippen molar-refractivity contribution in [2.45, 2.75) is 24.7 Å². The quantitative estimate of drug-likeness (QED) is 0.578. The SMILES string of the molecule is COc1ccc2c(c1)CC[C@H](c1ccccc1)[C@@H]2c1ccc(C=CC(=O)O)cc1. The van der Waals surface area contributed by atoms with Crippen LogP contribution in [0.5, 0.6) is 5.75 Å². The molecular formula is C26H24O3. The summed E-state index contributed by atoms with van der Waals surface area (Å²) in [4.78, 5) is 10.8. The number of hydrogen-bond acceptors (Lipinski definition) is 2. The number of benzene rings is 3. The summed E-state index contributed by atoms with van der Waals surface area (Å²) < 4.78 is 5.44. The van der Waals surface area contributed by atoms with E-state index in [0.717, 1.165) is 24.2 Å². The van der Waals surface area contributed by atoms with Crippen molar-refractivity contribution in [2.75, 3.05) is 7.11 Å². The molecule has 0 amide bonds. The van der Waals surface area contributed by atoms with Crippen molar-refractivity contribution in [3.05, 3.63) is 107 Å². The van der Waals surface area contributed by atoms with Crippen LogP contribution in [0.4, 0.5) is 0 Å². The van der Waals surface area contributed by atoms with Crippen LogP contribution in [0.3, 0.4) is 0 Å². The lowest BCUT2D eigenvalue weighted by molar-refractivity contribution is -0.131. The molecule has 0 aliphatic heterocycles. The maximum absolute atomic E-state index is 10.8. The molecule has 0 bridgehead atoms. The summed E-state index contributed by atoms with van der Waals surface area (Å²) in [6, 6.07) is 25.4. The number of fused-ring (bicyclic) bond motifs is 1. The minimum Gasteiger partial charge on any atom is -0.497 e. The molecule has 3 heteroatoms. The average molecular weight is 384 g/mol. The Balaban J connectivity index is 1.76. The molecule has 3 aromatic carbocycles. The first-order chi connectivity index (χ1) is 14.2. The van der Waals surface area contributed by atoms with Crippen molar-refractivity contribution < 1.29 is 14.6 Å². The Kier molecular flexibility index (Phi) is 5.48. The van der Waals surface area contributed by atoms with E-state index in [-0.39, 0.29) is 5.92 Å². The lowest BCUT2D eigenvalue weighted by Gasteiger charge is -2.35. The highest BCUT2D eigenvalue weighted by Crippen LogP contribution is 2.46. The molecule has 3 aromatic rings. The van der Waals surface area contributed by atoms with Crippen molar-refractivity contribution >= 4 is 12.0 Å². The molecule has 0 fully saturated rings. The Labute approximate surface area is 171 Å². The first kappa shape index (κ1) is 19.0. The molecule has 4 rings (SSSR count). The van der Waals surface area contributed by atoms with Gasteiger partial charge in [-0.3, -0.25) is 0 Å². The number of carboxylic acid groups (broad SMARTS) is 1. The van der Waals surface area contributed by atoms with Gasteiger partial charge in [0.15, 0.2) is 0 Å². The Bertz CT molecular complexity index is 1020. The average Bonchev–Trinajstić information content (AvgIpc) is 2.77. The van der Waals surface area contributed by atoms with Crippen LogP contribution < -0.4 is 4.74 Å². The minimum atomic E-state index is -0.937. The van der Waals surface area contributed by atoms with Crippen molar-refractivity contribution in [3.8, 4) is 5.75 Å². The van der Waals surface area contributed by atoms with Gasteiger partial charge in [0.1, 0.15) is 5.75 Å². The van der Waals surface area contributed by atoms with Gasteiger partial charge in [-0.15, -0.1) is 0 Å². The number of ether oxygens (including phenoxy) is 1.